The second kappa shape index (κ2) is 4.68. The molecule has 0 aliphatic heterocycles. The fraction of sp³-hybridized carbons (Fsp3) is 0. The molecule has 0 aliphatic carbocycles. The molecule has 0 amide bonds. The van der Waals surface area contributed by atoms with Gasteiger partial charge in [-0.3, -0.25) is 5.43 Å². The molecule has 0 saturated heterocycles. The van der Waals surface area contributed by atoms with Gasteiger partial charge in [-0.05, 0) is 39.2 Å². The van der Waals surface area contributed by atoms with Crippen molar-refractivity contribution in [3.8, 4) is 11.1 Å². The number of hydrazine groups is 1. The highest BCUT2D eigenvalue weighted by atomic mass is 79.9. The minimum absolute atomic E-state index is 0.718. The van der Waals surface area contributed by atoms with E-state index in [1.165, 1.54) is 11.1 Å². The van der Waals surface area contributed by atoms with Crippen molar-refractivity contribution in [2.45, 2.75) is 0 Å². The van der Waals surface area contributed by atoms with E-state index in [4.69, 9.17) is 5.84 Å². The highest BCUT2D eigenvalue weighted by Gasteiger charge is 2.09. The molecular formula is C13H10BrN3S. The van der Waals surface area contributed by atoms with Crippen LogP contribution in [0.5, 0.6) is 0 Å². The average molecular weight is 320 g/mol. The van der Waals surface area contributed by atoms with E-state index in [1.807, 2.05) is 18.2 Å². The van der Waals surface area contributed by atoms with Crippen molar-refractivity contribution in [1.29, 1.82) is 0 Å². The van der Waals surface area contributed by atoms with E-state index in [1.54, 1.807) is 11.3 Å². The van der Waals surface area contributed by atoms with Gasteiger partial charge in [0, 0.05) is 4.47 Å². The third kappa shape index (κ3) is 2.01. The van der Waals surface area contributed by atoms with Crippen LogP contribution in [-0.4, -0.2) is 4.98 Å². The maximum Gasteiger partial charge on any atom is 0.198 e. The third-order valence-electron chi connectivity index (χ3n) is 2.68. The van der Waals surface area contributed by atoms with Crippen LogP contribution in [0, 0.1) is 0 Å². The molecular weight excluding hydrogens is 310 g/mol. The number of benzene rings is 2. The Balaban J connectivity index is 2.21. The molecule has 0 fully saturated rings. The molecule has 18 heavy (non-hydrogen) atoms. The van der Waals surface area contributed by atoms with Crippen LogP contribution in [0.2, 0.25) is 0 Å². The molecule has 0 spiro atoms. The van der Waals surface area contributed by atoms with Crippen molar-refractivity contribution in [3.63, 3.8) is 0 Å². The van der Waals surface area contributed by atoms with E-state index in [9.17, 15) is 0 Å². The normalized spacial score (nSPS) is 10.8. The summed E-state index contributed by atoms with van der Waals surface area (Å²) in [5, 5.41) is 0.718. The summed E-state index contributed by atoms with van der Waals surface area (Å²) in [6, 6.07) is 14.5. The zero-order valence-electron chi connectivity index (χ0n) is 9.35. The minimum Gasteiger partial charge on any atom is -0.300 e. The van der Waals surface area contributed by atoms with Gasteiger partial charge in [0.1, 0.15) is 0 Å². The number of nitrogens with zero attached hydrogens (tertiary/aromatic N) is 1. The molecule has 0 aliphatic rings. The molecule has 0 bridgehead atoms. The van der Waals surface area contributed by atoms with Crippen LogP contribution in [0.15, 0.2) is 46.9 Å². The molecule has 90 valence electrons. The summed E-state index contributed by atoms with van der Waals surface area (Å²) in [5.41, 5.74) is 5.89. The summed E-state index contributed by atoms with van der Waals surface area (Å²) < 4.78 is 2.09. The van der Waals surface area contributed by atoms with Crippen molar-refractivity contribution in [1.82, 2.24) is 4.98 Å². The number of fused-ring (bicyclic) bond motifs is 1. The molecule has 3 nitrogen and oxygen atoms in total. The predicted molar refractivity (Wildman–Crippen MR) is 80.6 cm³/mol. The van der Waals surface area contributed by atoms with Crippen LogP contribution in [0.1, 0.15) is 0 Å². The van der Waals surface area contributed by atoms with Gasteiger partial charge in [-0.2, -0.15) is 0 Å². The molecule has 0 atom stereocenters. The zero-order valence-corrected chi connectivity index (χ0v) is 11.8. The van der Waals surface area contributed by atoms with Crippen LogP contribution in [0.3, 0.4) is 0 Å². The SMILES string of the molecule is NNc1nc2c(Br)cc(-c3ccccc3)cc2s1. The number of nitrogens with two attached hydrogens (primary N) is 1. The molecule has 3 aromatic rings. The van der Waals surface area contributed by atoms with Crippen LogP contribution < -0.4 is 11.3 Å². The first kappa shape index (κ1) is 11.6. The van der Waals surface area contributed by atoms with E-state index in [0.717, 1.165) is 19.8 Å². The Morgan fingerprint density at radius 2 is 1.89 bits per heavy atom. The van der Waals surface area contributed by atoms with Gasteiger partial charge in [0.15, 0.2) is 5.13 Å². The van der Waals surface area contributed by atoms with Gasteiger partial charge in [-0.25, -0.2) is 10.8 Å². The van der Waals surface area contributed by atoms with Crippen molar-refractivity contribution >= 4 is 42.6 Å². The number of nitrogen functional groups attached to an aromatic ring is 1. The highest BCUT2D eigenvalue weighted by Crippen LogP contribution is 2.35. The minimum atomic E-state index is 0.718. The summed E-state index contributed by atoms with van der Waals surface area (Å²) >= 11 is 5.11. The number of halogens is 1. The number of hydrogen-bond acceptors (Lipinski definition) is 4. The first-order chi connectivity index (χ1) is 8.78. The fourth-order valence-electron chi connectivity index (χ4n) is 1.85. The van der Waals surface area contributed by atoms with Gasteiger partial charge in [0.05, 0.1) is 10.2 Å². The Bertz CT molecular complexity index is 694. The van der Waals surface area contributed by atoms with Gasteiger partial charge in [-0.15, -0.1) is 0 Å². The summed E-state index contributed by atoms with van der Waals surface area (Å²) in [7, 11) is 0. The lowest BCUT2D eigenvalue weighted by Crippen LogP contribution is -2.05. The highest BCUT2D eigenvalue weighted by molar-refractivity contribution is 9.10. The van der Waals surface area contributed by atoms with Crippen LogP contribution in [0.4, 0.5) is 5.13 Å². The molecule has 5 heteroatoms. The second-order valence-corrected chi connectivity index (χ2v) is 5.72. The molecule has 1 aromatic heterocycles. The molecule has 0 radical (unpaired) electrons. The molecule has 0 saturated carbocycles. The summed E-state index contributed by atoms with van der Waals surface area (Å²) in [5.74, 6) is 5.40. The number of hydrogen-bond donors (Lipinski definition) is 2. The first-order valence-electron chi connectivity index (χ1n) is 5.40. The topological polar surface area (TPSA) is 50.9 Å². The first-order valence-corrected chi connectivity index (χ1v) is 7.01. The van der Waals surface area contributed by atoms with Gasteiger partial charge in [0.2, 0.25) is 0 Å². The Morgan fingerprint density at radius 1 is 1.11 bits per heavy atom. The largest absolute Gasteiger partial charge is 0.300 e. The van der Waals surface area contributed by atoms with Crippen LogP contribution in [-0.2, 0) is 0 Å². The summed E-state index contributed by atoms with van der Waals surface area (Å²) in [6.45, 7) is 0. The van der Waals surface area contributed by atoms with Crippen molar-refractivity contribution in [2.24, 2.45) is 5.84 Å². The monoisotopic (exact) mass is 319 g/mol. The average Bonchev–Trinajstić information content (AvgIpc) is 2.83. The molecule has 2 aromatic carbocycles. The number of anilines is 1. The van der Waals surface area contributed by atoms with E-state index in [-0.39, 0.29) is 0 Å². The predicted octanol–water partition coefficient (Wildman–Crippen LogP) is 4.01. The van der Waals surface area contributed by atoms with E-state index in [2.05, 4.69) is 50.6 Å². The van der Waals surface area contributed by atoms with E-state index >= 15 is 0 Å². The van der Waals surface area contributed by atoms with Gasteiger partial charge < -0.3 is 0 Å². The second-order valence-electron chi connectivity index (χ2n) is 3.83. The maximum absolute atomic E-state index is 5.40. The Kier molecular flexibility index (Phi) is 3.03. The molecule has 3 rings (SSSR count). The Labute approximate surface area is 117 Å². The van der Waals surface area contributed by atoms with Crippen molar-refractivity contribution < 1.29 is 0 Å². The van der Waals surface area contributed by atoms with Crippen LogP contribution in [0.25, 0.3) is 21.3 Å². The van der Waals surface area contributed by atoms with Gasteiger partial charge >= 0.3 is 0 Å². The Hall–Kier alpha value is -1.43. The Morgan fingerprint density at radius 3 is 2.61 bits per heavy atom. The van der Waals surface area contributed by atoms with Crippen LogP contribution >= 0.6 is 27.3 Å². The summed E-state index contributed by atoms with van der Waals surface area (Å²) in [4.78, 5) is 4.40. The smallest absolute Gasteiger partial charge is 0.198 e. The number of rotatable bonds is 2. The standard InChI is InChI=1S/C13H10BrN3S/c14-10-6-9(8-4-2-1-3-5-8)7-11-12(10)16-13(17-15)18-11/h1-7H,15H2,(H,16,17). The number of nitrogens with one attached hydrogen (secondary N) is 1. The lowest BCUT2D eigenvalue weighted by atomic mass is 10.1. The van der Waals surface area contributed by atoms with Crippen molar-refractivity contribution in [2.75, 3.05) is 5.43 Å². The number of thiazole rings is 1. The molecule has 1 heterocycles. The summed E-state index contributed by atoms with van der Waals surface area (Å²) in [6.07, 6.45) is 0. The maximum atomic E-state index is 5.40. The van der Waals surface area contributed by atoms with Gasteiger partial charge in [-0.1, -0.05) is 41.7 Å². The van der Waals surface area contributed by atoms with Gasteiger partial charge in [0.25, 0.3) is 0 Å². The fourth-order valence-corrected chi connectivity index (χ4v) is 3.37. The third-order valence-corrected chi connectivity index (χ3v) is 4.22. The lowest BCUT2D eigenvalue weighted by Gasteiger charge is -2.02. The number of aromatic nitrogens is 1. The van der Waals surface area contributed by atoms with E-state index in [0.29, 0.717) is 0 Å². The quantitative estimate of drug-likeness (QED) is 0.554. The molecule has 0 unspecified atom stereocenters. The lowest BCUT2D eigenvalue weighted by molar-refractivity contribution is 1.31. The molecule has 3 N–H and O–H groups in total. The van der Waals surface area contributed by atoms with Crippen molar-refractivity contribution in [3.05, 3.63) is 46.9 Å². The van der Waals surface area contributed by atoms with E-state index < -0.39 is 0 Å². The zero-order chi connectivity index (χ0) is 12.5.